The summed E-state index contributed by atoms with van der Waals surface area (Å²) in [6.45, 7) is 36.6. The van der Waals surface area contributed by atoms with E-state index in [0.717, 1.165) is 145 Å². The van der Waals surface area contributed by atoms with Gasteiger partial charge in [-0.1, -0.05) is 305 Å². The zero-order valence-corrected chi connectivity index (χ0v) is 83.4. The molecule has 0 atom stereocenters. The van der Waals surface area contributed by atoms with Crippen molar-refractivity contribution < 1.29 is 17.7 Å². The van der Waals surface area contributed by atoms with Gasteiger partial charge in [0.1, 0.15) is 22.3 Å². The Bertz CT molecular complexity index is 8750. The van der Waals surface area contributed by atoms with Crippen molar-refractivity contribution in [1.82, 2.24) is 0 Å². The summed E-state index contributed by atoms with van der Waals surface area (Å²) in [7, 11) is 0. The molecule has 2 aliphatic carbocycles. The molecule has 0 unspecified atom stereocenters. The molecule has 0 N–H and O–H groups in total. The van der Waals surface area contributed by atoms with Gasteiger partial charge in [0, 0.05) is 99.7 Å². The summed E-state index contributed by atoms with van der Waals surface area (Å²) in [5.74, 6) is 0.650. The first kappa shape index (κ1) is 87.4. The molecule has 2 aliphatic rings. The van der Waals surface area contributed by atoms with Crippen LogP contribution in [0.2, 0.25) is 0 Å². The molecule has 24 aromatic rings. The summed E-state index contributed by atoms with van der Waals surface area (Å²) in [6.07, 6.45) is 0. The van der Waals surface area contributed by atoms with Gasteiger partial charge in [0.25, 0.3) is 0 Å². The van der Waals surface area contributed by atoms with Crippen LogP contribution in [0.5, 0.6) is 0 Å². The number of nitrogens with zero attached hydrogens (tertiary/aromatic N) is 4. The van der Waals surface area contributed by atoms with Crippen molar-refractivity contribution in [1.29, 1.82) is 0 Å². The van der Waals surface area contributed by atoms with Gasteiger partial charge in [0.05, 0.1) is 22.7 Å². The monoisotopic (exact) mass is 1840 g/mol. The number of fused-ring (bicyclic) bond motifs is 24. The Kier molecular flexibility index (Phi) is 20.1. The fourth-order valence-electron chi connectivity index (χ4n) is 22.5. The predicted molar refractivity (Wildman–Crippen MR) is 603 cm³/mol. The standard InChI is InChI=1S/C72H66N2O2.C62H46N2O2/c1-69(2,3)47-39-59-53-25-19-27-63(67(53)75-65(59)61(41-47)71(7,8)9)73(49-21-15-13-16-22-49)51-31-29-43-35-55-57(37-45(43)33-51)56-36-44-30-32-52(34-46(44)38-58(55)56)74(50-23-17-14-18-24-50)64-28-20-26-54-60-40-48(70(4,5)6)42-62(72(10,11)12)66(60)76-68(54)64;1-37(2)45-15-5-9-21-55(45)63(57-23-13-19-49-47-17-7-11-25-59(47)65-61(49)57)43-29-27-39-33-51-53(35-41(39)31-43)52-34-40-28-30-44(32-42(40)36-54(51)52)64(56-22-10-6-16-46(56)38(3)4)58-24-14-20-50-48-18-8-12-26-60(48)66-62(50)58/h13-42H,1-12H3;5-38H,1-4H3. The van der Waals surface area contributed by atoms with Crippen molar-refractivity contribution in [2.75, 3.05) is 19.6 Å². The maximum atomic E-state index is 7.11. The van der Waals surface area contributed by atoms with Gasteiger partial charge in [-0.05, 0) is 325 Å². The Labute approximate surface area is 828 Å². The minimum absolute atomic E-state index is 0.0119. The molecule has 692 valence electrons. The third-order valence-corrected chi connectivity index (χ3v) is 29.9. The zero-order valence-electron chi connectivity index (χ0n) is 83.4. The normalized spacial score (nSPS) is 12.6. The maximum absolute atomic E-state index is 7.11. The van der Waals surface area contributed by atoms with E-state index in [1.54, 1.807) is 0 Å². The van der Waals surface area contributed by atoms with Crippen molar-refractivity contribution in [3.8, 4) is 44.5 Å². The first-order chi connectivity index (χ1) is 68.6. The highest BCUT2D eigenvalue weighted by Crippen LogP contribution is 2.58. The summed E-state index contributed by atoms with van der Waals surface area (Å²) in [5, 5.41) is 18.7. The number of furan rings is 4. The van der Waals surface area contributed by atoms with Crippen LogP contribution in [0, 0.1) is 0 Å². The van der Waals surface area contributed by atoms with Crippen LogP contribution < -0.4 is 19.6 Å². The average Bonchev–Trinajstić information content (AvgIpc) is 1.03. The molecule has 0 saturated heterocycles. The van der Waals surface area contributed by atoms with Crippen molar-refractivity contribution in [3.05, 3.63) is 409 Å². The molecule has 20 aromatic carbocycles. The lowest BCUT2D eigenvalue weighted by Gasteiger charge is -2.30. The molecule has 26 rings (SSSR count). The van der Waals surface area contributed by atoms with Gasteiger partial charge >= 0.3 is 0 Å². The first-order valence-electron chi connectivity index (χ1n) is 50.2. The van der Waals surface area contributed by atoms with Crippen LogP contribution in [-0.2, 0) is 21.7 Å². The molecule has 0 radical (unpaired) electrons. The summed E-state index contributed by atoms with van der Waals surface area (Å²) in [5.41, 5.74) is 37.9. The largest absolute Gasteiger partial charge is 0.454 e. The smallest absolute Gasteiger partial charge is 0.159 e. The van der Waals surface area contributed by atoms with Crippen LogP contribution in [0.4, 0.5) is 68.2 Å². The lowest BCUT2D eigenvalue weighted by molar-refractivity contribution is 0.558. The summed E-state index contributed by atoms with van der Waals surface area (Å²) >= 11 is 0. The Hall–Kier alpha value is -16.2. The van der Waals surface area contributed by atoms with Crippen LogP contribution in [-0.4, -0.2) is 0 Å². The Morgan fingerprint density at radius 3 is 0.761 bits per heavy atom. The molecule has 4 heterocycles. The highest BCUT2D eigenvalue weighted by Gasteiger charge is 2.35. The second-order valence-corrected chi connectivity index (χ2v) is 44.0. The summed E-state index contributed by atoms with van der Waals surface area (Å²) < 4.78 is 27.6. The van der Waals surface area contributed by atoms with E-state index in [1.165, 1.54) is 132 Å². The van der Waals surface area contributed by atoms with Crippen LogP contribution in [0.15, 0.2) is 394 Å². The highest BCUT2D eigenvalue weighted by molar-refractivity contribution is 6.19. The van der Waals surface area contributed by atoms with Crippen molar-refractivity contribution in [2.45, 2.75) is 144 Å². The number of rotatable bonds is 14. The van der Waals surface area contributed by atoms with E-state index in [-0.39, 0.29) is 21.7 Å². The molecule has 0 bridgehead atoms. The molecule has 0 spiro atoms. The van der Waals surface area contributed by atoms with Gasteiger partial charge in [-0.2, -0.15) is 0 Å². The van der Waals surface area contributed by atoms with E-state index in [0.29, 0.717) is 11.8 Å². The summed E-state index contributed by atoms with van der Waals surface area (Å²) in [6, 6.07) is 138. The SMILES string of the molecule is CC(C)(C)c1cc(C(C)(C)C)c2oc3c(N(c4ccccc4)c4ccc5cc6c(cc5c4)-c4cc5ccc(N(c7ccccc7)c7cccc8c7oc7c(C(C)(C)C)cc(C(C)(C)C)cc78)cc5cc4-6)cccc3c2c1.CC(C)c1ccccc1N(c1ccc2cc3c(cc2c1)-c1cc2ccc(N(c4ccccc4C(C)C)c4cccc5c4oc4ccccc45)cc2cc1-3)c1cccc2c1oc1ccccc12. The lowest BCUT2D eigenvalue weighted by atomic mass is 9.78. The molecule has 8 nitrogen and oxygen atoms in total. The molecule has 4 aromatic heterocycles. The Morgan fingerprint density at radius 2 is 0.444 bits per heavy atom. The van der Waals surface area contributed by atoms with Crippen molar-refractivity contribution >= 4 is 199 Å². The Morgan fingerprint density at radius 1 is 0.183 bits per heavy atom. The number of hydrogen-bond acceptors (Lipinski definition) is 8. The van der Waals surface area contributed by atoms with Gasteiger partial charge in [-0.25, -0.2) is 0 Å². The minimum Gasteiger partial charge on any atom is -0.454 e. The van der Waals surface area contributed by atoms with E-state index in [1.807, 2.05) is 12.1 Å². The molecule has 142 heavy (non-hydrogen) atoms. The second kappa shape index (κ2) is 32.7. The third kappa shape index (κ3) is 14.4. The fourth-order valence-corrected chi connectivity index (χ4v) is 22.5. The molecule has 0 aliphatic heterocycles. The molecule has 0 amide bonds. The molecule has 0 saturated carbocycles. The fraction of sp³-hybridized carbons (Fsp3) is 0.164. The van der Waals surface area contributed by atoms with E-state index < -0.39 is 0 Å². The van der Waals surface area contributed by atoms with E-state index in [4.69, 9.17) is 17.7 Å². The van der Waals surface area contributed by atoms with E-state index in [2.05, 4.69) is 494 Å². The van der Waals surface area contributed by atoms with Gasteiger partial charge in [-0.15, -0.1) is 0 Å². The number of para-hydroxylation sites is 10. The number of hydrogen-bond donors (Lipinski definition) is 0. The number of benzene rings is 20. The van der Waals surface area contributed by atoms with Crippen LogP contribution in [0.25, 0.3) is 175 Å². The van der Waals surface area contributed by atoms with Gasteiger partial charge < -0.3 is 37.3 Å². The summed E-state index contributed by atoms with van der Waals surface area (Å²) in [4.78, 5) is 9.53. The van der Waals surface area contributed by atoms with E-state index in [9.17, 15) is 0 Å². The van der Waals surface area contributed by atoms with Crippen LogP contribution >= 0.6 is 0 Å². The molecule has 0 fully saturated rings. The average molecular weight is 1840 g/mol. The lowest BCUT2D eigenvalue weighted by Crippen LogP contribution is -2.16. The van der Waals surface area contributed by atoms with Crippen LogP contribution in [0.3, 0.4) is 0 Å². The van der Waals surface area contributed by atoms with Crippen molar-refractivity contribution in [3.63, 3.8) is 0 Å². The molecule has 8 heteroatoms. The van der Waals surface area contributed by atoms with Gasteiger partial charge in [-0.3, -0.25) is 0 Å². The quantitative estimate of drug-likeness (QED) is 0.107. The van der Waals surface area contributed by atoms with E-state index >= 15 is 0 Å². The minimum atomic E-state index is -0.106. The first-order valence-corrected chi connectivity index (χ1v) is 50.2. The predicted octanol–water partition coefficient (Wildman–Crippen LogP) is 40.2. The highest BCUT2D eigenvalue weighted by atomic mass is 16.3. The maximum Gasteiger partial charge on any atom is 0.159 e. The second-order valence-electron chi connectivity index (χ2n) is 44.0. The Balaban J connectivity index is 0.000000151. The molecular weight excluding hydrogens is 1730 g/mol. The van der Waals surface area contributed by atoms with Crippen LogP contribution in [0.1, 0.15) is 156 Å². The van der Waals surface area contributed by atoms with Gasteiger partial charge in [0.2, 0.25) is 0 Å². The third-order valence-electron chi connectivity index (χ3n) is 29.9. The topological polar surface area (TPSA) is 65.5 Å². The van der Waals surface area contributed by atoms with Crippen molar-refractivity contribution in [2.24, 2.45) is 0 Å². The van der Waals surface area contributed by atoms with Gasteiger partial charge in [0.15, 0.2) is 22.3 Å². The number of anilines is 12. The zero-order chi connectivity index (χ0) is 97.0. The molecular formula is C134H112N4O4.